The monoisotopic (exact) mass is 666 g/mol. The molecule has 3 aromatic rings. The smallest absolute Gasteiger partial charge is 0.407 e. The van der Waals surface area contributed by atoms with Gasteiger partial charge in [-0.15, -0.1) is 0 Å². The number of carbonyl (C=O) groups excluding carboxylic acids is 1. The fourth-order valence-corrected chi connectivity index (χ4v) is 10.0. The minimum absolute atomic E-state index is 0.0339. The molecule has 5 fully saturated rings. The van der Waals surface area contributed by atoms with Crippen molar-refractivity contribution in [2.45, 2.75) is 81.2 Å². The van der Waals surface area contributed by atoms with Crippen molar-refractivity contribution in [2.75, 3.05) is 31.6 Å². The number of amides is 1. The summed E-state index contributed by atoms with van der Waals surface area (Å²) in [7, 11) is -3.80. The predicted octanol–water partition coefficient (Wildman–Crippen LogP) is 5.40. The Morgan fingerprint density at radius 1 is 1.13 bits per heavy atom. The first-order valence-electron chi connectivity index (χ1n) is 16.6. The molecule has 1 aromatic heterocycles. The van der Waals surface area contributed by atoms with E-state index in [-0.39, 0.29) is 53.0 Å². The first-order chi connectivity index (χ1) is 22.2. The average Bonchev–Trinajstić information content (AvgIpc) is 3.87. The van der Waals surface area contributed by atoms with Crippen molar-refractivity contribution in [1.82, 2.24) is 14.6 Å². The lowest BCUT2D eigenvalue weighted by molar-refractivity contribution is -0.169. The van der Waals surface area contributed by atoms with Crippen LogP contribution in [0.5, 0.6) is 0 Å². The number of alkyl carbamates (subject to hydrolysis) is 1. The standard InChI is InChI=1S/C34H42N4O6S2/c1-34(12-13-34)20-38(46(40,41)25-9-10-28-29(17-25)45-32(37-28)35-23-7-8-23)14-11-24(15-21-5-3-2-4-6-21)36-33(39)44-30-22-16-26-27(30)19-43-31(26)42-18-22/h2-6,9-10,17,22-24,26-27,30-31H,7-8,11-16,18-20H2,1H3,(H,35,37)(H,36,39)/t22?,24-,26?,27?,30?,31?/m1/s1. The van der Waals surface area contributed by atoms with Crippen LogP contribution in [0.1, 0.15) is 51.0 Å². The van der Waals surface area contributed by atoms with Gasteiger partial charge in [-0.2, -0.15) is 4.31 Å². The summed E-state index contributed by atoms with van der Waals surface area (Å²) in [5.74, 6) is 0.626. The Bertz CT molecular complexity index is 1690. The molecule has 8 rings (SSSR count). The molecule has 46 heavy (non-hydrogen) atoms. The number of nitrogens with one attached hydrogen (secondary N) is 2. The molecule has 6 atom stereocenters. The molecule has 2 saturated heterocycles. The Balaban J connectivity index is 0.994. The fraction of sp³-hybridized carbons (Fsp3) is 0.588. The molecule has 3 heterocycles. The summed E-state index contributed by atoms with van der Waals surface area (Å²) >= 11 is 1.50. The highest BCUT2D eigenvalue weighted by molar-refractivity contribution is 7.89. The second-order valence-electron chi connectivity index (χ2n) is 14.3. The van der Waals surface area contributed by atoms with Gasteiger partial charge in [0, 0.05) is 42.9 Å². The van der Waals surface area contributed by atoms with Crippen molar-refractivity contribution in [3.05, 3.63) is 54.1 Å². The normalized spacial score (nSPS) is 28.3. The predicted molar refractivity (Wildman–Crippen MR) is 175 cm³/mol. The number of rotatable bonds is 13. The first kappa shape index (κ1) is 30.6. The highest BCUT2D eigenvalue weighted by atomic mass is 32.2. The third kappa shape index (κ3) is 6.38. The molecule has 0 spiro atoms. The van der Waals surface area contributed by atoms with E-state index in [2.05, 4.69) is 22.5 Å². The summed E-state index contributed by atoms with van der Waals surface area (Å²) in [4.78, 5) is 18.3. The molecule has 5 aliphatic rings. The van der Waals surface area contributed by atoms with Crippen LogP contribution < -0.4 is 10.6 Å². The second-order valence-corrected chi connectivity index (χ2v) is 17.2. The fourth-order valence-electron chi connectivity index (χ4n) is 7.36. The minimum Gasteiger partial charge on any atom is -0.445 e. The van der Waals surface area contributed by atoms with Gasteiger partial charge < -0.3 is 24.8 Å². The van der Waals surface area contributed by atoms with E-state index in [1.54, 1.807) is 16.4 Å². The number of fused-ring (bicyclic) bond motifs is 2. The highest BCUT2D eigenvalue weighted by Gasteiger charge is 2.56. The topological polar surface area (TPSA) is 119 Å². The summed E-state index contributed by atoms with van der Waals surface area (Å²) in [6.45, 7) is 3.97. The van der Waals surface area contributed by atoms with E-state index >= 15 is 0 Å². The van der Waals surface area contributed by atoms with E-state index in [0.717, 1.165) is 53.0 Å². The van der Waals surface area contributed by atoms with Gasteiger partial charge in [-0.1, -0.05) is 48.6 Å². The molecule has 3 aliphatic carbocycles. The van der Waals surface area contributed by atoms with E-state index in [4.69, 9.17) is 14.2 Å². The zero-order valence-electron chi connectivity index (χ0n) is 26.1. The van der Waals surface area contributed by atoms with Gasteiger partial charge in [0.1, 0.15) is 6.10 Å². The van der Waals surface area contributed by atoms with Crippen molar-refractivity contribution in [3.8, 4) is 0 Å². The van der Waals surface area contributed by atoms with Crippen LogP contribution in [-0.4, -0.2) is 74.6 Å². The molecular weight excluding hydrogens is 625 g/mol. The molecule has 5 unspecified atom stereocenters. The zero-order chi connectivity index (χ0) is 31.5. The largest absolute Gasteiger partial charge is 0.445 e. The summed E-state index contributed by atoms with van der Waals surface area (Å²) in [5.41, 5.74) is 1.84. The third-order valence-electron chi connectivity index (χ3n) is 10.5. The van der Waals surface area contributed by atoms with Crippen LogP contribution in [0.4, 0.5) is 9.93 Å². The second kappa shape index (κ2) is 12.0. The molecule has 3 saturated carbocycles. The SMILES string of the molecule is CC1(CN(CC[C@H](Cc2ccccc2)NC(=O)OC2C3COC4OCC2C4C3)S(=O)(=O)c2ccc3nc(NC4CC4)sc3c2)CC1. The van der Waals surface area contributed by atoms with Crippen molar-refractivity contribution in [2.24, 2.45) is 23.2 Å². The Labute approximate surface area is 274 Å². The Morgan fingerprint density at radius 3 is 2.72 bits per heavy atom. The van der Waals surface area contributed by atoms with Crippen LogP contribution in [-0.2, 0) is 30.7 Å². The van der Waals surface area contributed by atoms with Crippen molar-refractivity contribution in [3.63, 3.8) is 0 Å². The number of hydrogen-bond donors (Lipinski definition) is 2. The van der Waals surface area contributed by atoms with Gasteiger partial charge in [-0.25, -0.2) is 18.2 Å². The molecule has 0 radical (unpaired) electrons. The summed E-state index contributed by atoms with van der Waals surface area (Å²) in [5, 5.41) is 7.39. The van der Waals surface area contributed by atoms with Crippen LogP contribution in [0, 0.1) is 23.2 Å². The van der Waals surface area contributed by atoms with Gasteiger partial charge in [0.05, 0.1) is 28.3 Å². The lowest BCUT2D eigenvalue weighted by atomic mass is 9.98. The van der Waals surface area contributed by atoms with Gasteiger partial charge in [0.15, 0.2) is 11.4 Å². The summed E-state index contributed by atoms with van der Waals surface area (Å²) in [6.07, 6.45) is 5.40. The van der Waals surface area contributed by atoms with E-state index in [0.29, 0.717) is 38.6 Å². The van der Waals surface area contributed by atoms with Crippen molar-refractivity contribution in [1.29, 1.82) is 0 Å². The van der Waals surface area contributed by atoms with Crippen LogP contribution in [0.2, 0.25) is 0 Å². The highest BCUT2D eigenvalue weighted by Crippen LogP contribution is 2.49. The number of ether oxygens (including phenoxy) is 3. The number of aromatic nitrogens is 1. The van der Waals surface area contributed by atoms with Gasteiger partial charge in [-0.05, 0) is 74.1 Å². The van der Waals surface area contributed by atoms with E-state index in [9.17, 15) is 13.2 Å². The summed E-state index contributed by atoms with van der Waals surface area (Å²) in [6, 6.07) is 15.4. The van der Waals surface area contributed by atoms with Gasteiger partial charge in [0.25, 0.3) is 0 Å². The number of anilines is 1. The van der Waals surface area contributed by atoms with Gasteiger partial charge in [0.2, 0.25) is 10.0 Å². The Kier molecular flexibility index (Phi) is 8.00. The van der Waals surface area contributed by atoms with Crippen molar-refractivity contribution < 1.29 is 27.4 Å². The molecule has 2 aromatic carbocycles. The number of sulfonamides is 1. The lowest BCUT2D eigenvalue weighted by Gasteiger charge is -2.29. The summed E-state index contributed by atoms with van der Waals surface area (Å²) < 4.78 is 48.7. The molecule has 2 aliphatic heterocycles. The van der Waals surface area contributed by atoms with E-state index in [1.807, 2.05) is 36.4 Å². The molecule has 2 bridgehead atoms. The third-order valence-corrected chi connectivity index (χ3v) is 13.3. The molecule has 10 nitrogen and oxygen atoms in total. The van der Waals surface area contributed by atoms with Crippen molar-refractivity contribution >= 4 is 42.8 Å². The van der Waals surface area contributed by atoms with E-state index in [1.165, 1.54) is 11.3 Å². The van der Waals surface area contributed by atoms with Crippen LogP contribution in [0.15, 0.2) is 53.4 Å². The van der Waals surface area contributed by atoms with Gasteiger partial charge >= 0.3 is 6.09 Å². The average molecular weight is 667 g/mol. The number of hydrogen-bond acceptors (Lipinski definition) is 9. The number of thiazole rings is 1. The Morgan fingerprint density at radius 2 is 1.93 bits per heavy atom. The number of nitrogens with zero attached hydrogens (tertiary/aromatic N) is 2. The van der Waals surface area contributed by atoms with Crippen LogP contribution in [0.3, 0.4) is 0 Å². The number of carbonyl (C=O) groups is 1. The lowest BCUT2D eigenvalue weighted by Crippen LogP contribution is -2.44. The quantitative estimate of drug-likeness (QED) is 0.249. The van der Waals surface area contributed by atoms with Crippen LogP contribution in [0.25, 0.3) is 10.2 Å². The Hall–Kier alpha value is -2.77. The maximum absolute atomic E-state index is 14.2. The molecule has 246 valence electrons. The number of benzene rings is 2. The molecular formula is C34H42N4O6S2. The maximum atomic E-state index is 14.2. The maximum Gasteiger partial charge on any atom is 0.407 e. The molecule has 1 amide bonds. The molecule has 2 N–H and O–H groups in total. The molecule has 12 heteroatoms. The van der Waals surface area contributed by atoms with E-state index < -0.39 is 16.1 Å². The minimum atomic E-state index is -3.80. The van der Waals surface area contributed by atoms with Gasteiger partial charge in [-0.3, -0.25) is 0 Å². The zero-order valence-corrected chi connectivity index (χ0v) is 27.7. The van der Waals surface area contributed by atoms with Crippen LogP contribution >= 0.6 is 11.3 Å². The first-order valence-corrected chi connectivity index (χ1v) is 18.9.